The molecule has 0 unspecified atom stereocenters. The fraction of sp³-hybridized carbons (Fsp3) is 0.500. The van der Waals surface area contributed by atoms with Gasteiger partial charge in [-0.15, -0.1) is 0 Å². The third-order valence-corrected chi connectivity index (χ3v) is 4.17. The SMILES string of the molecule is NS(=O)(=O)c1ccc(NC(=O)NCCCOCC2CC2)cc1. The van der Waals surface area contributed by atoms with Gasteiger partial charge >= 0.3 is 6.03 Å². The molecule has 2 amide bonds. The molecule has 122 valence electrons. The summed E-state index contributed by atoms with van der Waals surface area (Å²) in [5, 5.41) is 10.3. The van der Waals surface area contributed by atoms with E-state index in [-0.39, 0.29) is 10.9 Å². The highest BCUT2D eigenvalue weighted by Crippen LogP contribution is 2.28. The van der Waals surface area contributed by atoms with Crippen LogP contribution in [0.2, 0.25) is 0 Å². The average molecular weight is 327 g/mol. The Bertz CT molecular complexity index is 597. The van der Waals surface area contributed by atoms with E-state index in [4.69, 9.17) is 9.88 Å². The van der Waals surface area contributed by atoms with Crippen molar-refractivity contribution in [3.05, 3.63) is 24.3 Å². The summed E-state index contributed by atoms with van der Waals surface area (Å²) < 4.78 is 27.7. The molecule has 22 heavy (non-hydrogen) atoms. The number of carbonyl (C=O) groups excluding carboxylic acids is 1. The lowest BCUT2D eigenvalue weighted by Gasteiger charge is -2.08. The molecular formula is C14H21N3O4S. The summed E-state index contributed by atoms with van der Waals surface area (Å²) in [5.74, 6) is 0.747. The van der Waals surface area contributed by atoms with Gasteiger partial charge < -0.3 is 15.4 Å². The number of nitrogens with one attached hydrogen (secondary N) is 2. The molecule has 0 aromatic heterocycles. The van der Waals surface area contributed by atoms with Gasteiger partial charge in [0.1, 0.15) is 0 Å². The molecule has 0 bridgehead atoms. The second-order valence-corrected chi connectivity index (χ2v) is 6.88. The van der Waals surface area contributed by atoms with Crippen LogP contribution in [0.3, 0.4) is 0 Å². The van der Waals surface area contributed by atoms with Crippen LogP contribution < -0.4 is 15.8 Å². The molecule has 1 aliphatic rings. The molecule has 1 aromatic carbocycles. The smallest absolute Gasteiger partial charge is 0.319 e. The Hall–Kier alpha value is -1.64. The Balaban J connectivity index is 1.63. The molecule has 7 nitrogen and oxygen atoms in total. The maximum absolute atomic E-state index is 11.6. The largest absolute Gasteiger partial charge is 0.381 e. The zero-order valence-corrected chi connectivity index (χ0v) is 13.1. The normalized spacial score (nSPS) is 14.6. The second kappa shape index (κ2) is 7.57. The van der Waals surface area contributed by atoms with Crippen molar-refractivity contribution >= 4 is 21.7 Å². The first-order valence-electron chi connectivity index (χ1n) is 7.20. The lowest BCUT2D eigenvalue weighted by Crippen LogP contribution is -2.30. The van der Waals surface area contributed by atoms with E-state index in [0.29, 0.717) is 18.8 Å². The minimum atomic E-state index is -3.72. The maximum Gasteiger partial charge on any atom is 0.319 e. The molecule has 1 saturated carbocycles. The Kier molecular flexibility index (Phi) is 5.76. The number of rotatable bonds is 8. The van der Waals surface area contributed by atoms with Gasteiger partial charge in [0, 0.05) is 25.4 Å². The minimum Gasteiger partial charge on any atom is -0.381 e. The Morgan fingerprint density at radius 3 is 2.55 bits per heavy atom. The predicted octanol–water partition coefficient (Wildman–Crippen LogP) is 1.27. The monoisotopic (exact) mass is 327 g/mol. The molecule has 0 saturated heterocycles. The van der Waals surface area contributed by atoms with Gasteiger partial charge in [-0.2, -0.15) is 0 Å². The zero-order valence-electron chi connectivity index (χ0n) is 12.2. The quantitative estimate of drug-likeness (QED) is 0.624. The molecule has 1 aliphatic carbocycles. The topological polar surface area (TPSA) is 111 Å². The molecule has 4 N–H and O–H groups in total. The number of primary sulfonamides is 1. The number of benzene rings is 1. The van der Waals surface area contributed by atoms with Gasteiger partial charge in [0.25, 0.3) is 0 Å². The van der Waals surface area contributed by atoms with E-state index in [1.54, 1.807) is 0 Å². The van der Waals surface area contributed by atoms with Crippen LogP contribution in [0.15, 0.2) is 29.2 Å². The summed E-state index contributed by atoms with van der Waals surface area (Å²) in [4.78, 5) is 11.6. The highest BCUT2D eigenvalue weighted by Gasteiger charge is 2.20. The van der Waals surface area contributed by atoms with Crippen LogP contribution in [0.1, 0.15) is 19.3 Å². The summed E-state index contributed by atoms with van der Waals surface area (Å²) in [5.41, 5.74) is 0.495. The van der Waals surface area contributed by atoms with Crippen LogP contribution in [0.4, 0.5) is 10.5 Å². The fourth-order valence-electron chi connectivity index (χ4n) is 1.81. The van der Waals surface area contributed by atoms with Gasteiger partial charge in [0.2, 0.25) is 10.0 Å². The zero-order chi connectivity index (χ0) is 16.0. The highest BCUT2D eigenvalue weighted by atomic mass is 32.2. The van der Waals surface area contributed by atoms with Crippen LogP contribution in [0, 0.1) is 5.92 Å². The van der Waals surface area contributed by atoms with E-state index < -0.39 is 10.0 Å². The predicted molar refractivity (Wildman–Crippen MR) is 83.0 cm³/mol. The Morgan fingerprint density at radius 2 is 1.95 bits per heavy atom. The molecular weight excluding hydrogens is 306 g/mol. The number of hydrogen-bond donors (Lipinski definition) is 3. The molecule has 0 atom stereocenters. The lowest BCUT2D eigenvalue weighted by atomic mass is 10.3. The second-order valence-electron chi connectivity index (χ2n) is 5.32. The summed E-state index contributed by atoms with van der Waals surface area (Å²) in [6.45, 7) is 1.98. The van der Waals surface area contributed by atoms with E-state index in [0.717, 1.165) is 18.9 Å². The molecule has 2 rings (SSSR count). The van der Waals surface area contributed by atoms with Crippen LogP contribution in [-0.2, 0) is 14.8 Å². The number of nitrogens with two attached hydrogens (primary N) is 1. The number of anilines is 1. The first kappa shape index (κ1) is 16.7. The van der Waals surface area contributed by atoms with E-state index in [1.165, 1.54) is 37.1 Å². The van der Waals surface area contributed by atoms with E-state index in [1.807, 2.05) is 0 Å². The third kappa shape index (κ3) is 6.00. The molecule has 1 aromatic rings. The maximum atomic E-state index is 11.6. The standard InChI is InChI=1S/C14H21N3O4S/c15-22(19,20)13-6-4-12(5-7-13)17-14(18)16-8-1-9-21-10-11-2-3-11/h4-7,11H,1-3,8-10H2,(H2,15,19,20)(H2,16,17,18). The summed E-state index contributed by atoms with van der Waals surface area (Å²) >= 11 is 0. The summed E-state index contributed by atoms with van der Waals surface area (Å²) in [6, 6.07) is 5.31. The molecule has 8 heteroatoms. The molecule has 0 heterocycles. The van der Waals surface area contributed by atoms with E-state index in [9.17, 15) is 13.2 Å². The van der Waals surface area contributed by atoms with Gasteiger partial charge in [0.15, 0.2) is 0 Å². The first-order chi connectivity index (χ1) is 10.4. The molecule has 1 fully saturated rings. The summed E-state index contributed by atoms with van der Waals surface area (Å²) in [6.07, 6.45) is 3.29. The van der Waals surface area contributed by atoms with Crippen LogP contribution >= 0.6 is 0 Å². The van der Waals surface area contributed by atoms with Crippen molar-refractivity contribution in [2.24, 2.45) is 11.1 Å². The molecule has 0 aliphatic heterocycles. The van der Waals surface area contributed by atoms with E-state index in [2.05, 4.69) is 10.6 Å². The van der Waals surface area contributed by atoms with E-state index >= 15 is 0 Å². The number of urea groups is 1. The van der Waals surface area contributed by atoms with Crippen LogP contribution in [0.5, 0.6) is 0 Å². The number of sulfonamides is 1. The third-order valence-electron chi connectivity index (χ3n) is 3.24. The first-order valence-corrected chi connectivity index (χ1v) is 8.75. The van der Waals surface area contributed by atoms with Gasteiger partial charge in [-0.25, -0.2) is 18.4 Å². The number of amides is 2. The van der Waals surface area contributed by atoms with Crippen molar-refractivity contribution in [1.29, 1.82) is 0 Å². The molecule has 0 spiro atoms. The number of hydrogen-bond acceptors (Lipinski definition) is 4. The average Bonchev–Trinajstić information content (AvgIpc) is 3.26. The Labute approximate surface area is 130 Å². The minimum absolute atomic E-state index is 0.00581. The Morgan fingerprint density at radius 1 is 1.27 bits per heavy atom. The van der Waals surface area contributed by atoms with Crippen molar-refractivity contribution in [1.82, 2.24) is 5.32 Å². The van der Waals surface area contributed by atoms with Gasteiger partial charge in [-0.3, -0.25) is 0 Å². The number of carbonyl (C=O) groups is 1. The van der Waals surface area contributed by atoms with Crippen molar-refractivity contribution < 1.29 is 17.9 Å². The van der Waals surface area contributed by atoms with Gasteiger partial charge in [0.05, 0.1) is 4.90 Å². The number of ether oxygens (including phenoxy) is 1. The van der Waals surface area contributed by atoms with Crippen LogP contribution in [-0.4, -0.2) is 34.2 Å². The van der Waals surface area contributed by atoms with Crippen molar-refractivity contribution in [2.75, 3.05) is 25.1 Å². The summed E-state index contributed by atoms with van der Waals surface area (Å²) in [7, 11) is -3.72. The molecule has 0 radical (unpaired) electrons. The van der Waals surface area contributed by atoms with Crippen molar-refractivity contribution in [2.45, 2.75) is 24.2 Å². The fourth-order valence-corrected chi connectivity index (χ4v) is 2.33. The van der Waals surface area contributed by atoms with Gasteiger partial charge in [-0.1, -0.05) is 0 Å². The van der Waals surface area contributed by atoms with Crippen LogP contribution in [0.25, 0.3) is 0 Å². The van der Waals surface area contributed by atoms with Crippen molar-refractivity contribution in [3.8, 4) is 0 Å². The lowest BCUT2D eigenvalue weighted by molar-refractivity contribution is 0.122. The van der Waals surface area contributed by atoms with Crippen molar-refractivity contribution in [3.63, 3.8) is 0 Å². The van der Waals surface area contributed by atoms with Gasteiger partial charge in [-0.05, 0) is 49.4 Å². The highest BCUT2D eigenvalue weighted by molar-refractivity contribution is 7.89.